The molecule has 19 heavy (non-hydrogen) atoms. The van der Waals surface area contributed by atoms with E-state index in [1.54, 1.807) is 19.2 Å². The highest BCUT2D eigenvalue weighted by Crippen LogP contribution is 2.18. The number of fused-ring (bicyclic) bond motifs is 1. The summed E-state index contributed by atoms with van der Waals surface area (Å²) in [6, 6.07) is 3.25. The van der Waals surface area contributed by atoms with Crippen molar-refractivity contribution in [1.29, 1.82) is 0 Å². The van der Waals surface area contributed by atoms with Crippen LogP contribution >= 0.6 is 0 Å². The van der Waals surface area contributed by atoms with E-state index in [1.807, 2.05) is 13.0 Å². The van der Waals surface area contributed by atoms with Gasteiger partial charge in [0.2, 0.25) is 0 Å². The molecule has 0 saturated heterocycles. The number of H-pyrrole nitrogens is 1. The normalized spacial score (nSPS) is 12.3. The standard InChI is InChI=1S/C13H15N3O3/c1-7-3-9-6-14-16-12(9)10(4-7)13(19)15-8(2)5-11(17)18/h3-4,6,8H,5H2,1-2H3,(H,14,16)(H,15,19)(H,17,18). The van der Waals surface area contributed by atoms with E-state index in [0.717, 1.165) is 10.9 Å². The average Bonchev–Trinajstić information content (AvgIpc) is 2.73. The predicted molar refractivity (Wildman–Crippen MR) is 70.0 cm³/mol. The van der Waals surface area contributed by atoms with Crippen LogP contribution in [0.5, 0.6) is 0 Å². The molecular weight excluding hydrogens is 246 g/mol. The van der Waals surface area contributed by atoms with Gasteiger partial charge in [-0.05, 0) is 31.5 Å². The number of aryl methyl sites for hydroxylation is 1. The third-order valence-corrected chi connectivity index (χ3v) is 2.80. The van der Waals surface area contributed by atoms with E-state index in [0.29, 0.717) is 11.1 Å². The minimum absolute atomic E-state index is 0.107. The van der Waals surface area contributed by atoms with Crippen LogP contribution in [0.1, 0.15) is 29.3 Å². The van der Waals surface area contributed by atoms with Gasteiger partial charge in [0.05, 0.1) is 23.7 Å². The van der Waals surface area contributed by atoms with Crippen molar-refractivity contribution in [3.05, 3.63) is 29.5 Å². The summed E-state index contributed by atoms with van der Waals surface area (Å²) in [5.41, 5.74) is 2.08. The molecule has 0 bridgehead atoms. The Morgan fingerprint density at radius 3 is 2.89 bits per heavy atom. The minimum Gasteiger partial charge on any atom is -0.481 e. The van der Waals surface area contributed by atoms with Gasteiger partial charge in [0, 0.05) is 11.4 Å². The number of hydrogen-bond donors (Lipinski definition) is 3. The summed E-state index contributed by atoms with van der Waals surface area (Å²) < 4.78 is 0. The zero-order chi connectivity index (χ0) is 14.0. The summed E-state index contributed by atoms with van der Waals surface area (Å²) in [5.74, 6) is -1.24. The smallest absolute Gasteiger partial charge is 0.305 e. The van der Waals surface area contributed by atoms with Crippen LogP contribution < -0.4 is 5.32 Å². The van der Waals surface area contributed by atoms with Crippen molar-refractivity contribution in [2.45, 2.75) is 26.3 Å². The quantitative estimate of drug-likeness (QED) is 0.776. The molecule has 2 aromatic rings. The number of aliphatic carboxylic acids is 1. The zero-order valence-corrected chi connectivity index (χ0v) is 10.7. The van der Waals surface area contributed by atoms with E-state index in [4.69, 9.17) is 5.11 Å². The van der Waals surface area contributed by atoms with Crippen LogP contribution in [0.25, 0.3) is 10.9 Å². The van der Waals surface area contributed by atoms with Crippen molar-refractivity contribution in [3.8, 4) is 0 Å². The number of rotatable bonds is 4. The molecule has 0 aliphatic rings. The van der Waals surface area contributed by atoms with Gasteiger partial charge in [-0.1, -0.05) is 0 Å². The van der Waals surface area contributed by atoms with Crippen molar-refractivity contribution in [2.75, 3.05) is 0 Å². The van der Waals surface area contributed by atoms with Gasteiger partial charge in [0.15, 0.2) is 0 Å². The van der Waals surface area contributed by atoms with Crippen molar-refractivity contribution in [1.82, 2.24) is 15.5 Å². The fourth-order valence-electron chi connectivity index (χ4n) is 2.00. The number of hydrogen-bond acceptors (Lipinski definition) is 3. The summed E-state index contributed by atoms with van der Waals surface area (Å²) in [6.45, 7) is 3.55. The molecule has 1 amide bonds. The fraction of sp³-hybridized carbons (Fsp3) is 0.308. The molecule has 100 valence electrons. The summed E-state index contributed by atoms with van der Waals surface area (Å²) >= 11 is 0. The molecule has 6 nitrogen and oxygen atoms in total. The van der Waals surface area contributed by atoms with Crippen molar-refractivity contribution < 1.29 is 14.7 Å². The van der Waals surface area contributed by atoms with E-state index in [2.05, 4.69) is 15.5 Å². The lowest BCUT2D eigenvalue weighted by Crippen LogP contribution is -2.34. The topological polar surface area (TPSA) is 95.1 Å². The molecule has 0 radical (unpaired) electrons. The molecule has 1 aromatic heterocycles. The number of aromatic amines is 1. The van der Waals surface area contributed by atoms with Gasteiger partial charge in [0.25, 0.3) is 5.91 Å². The molecule has 6 heteroatoms. The maximum atomic E-state index is 12.1. The monoisotopic (exact) mass is 261 g/mol. The van der Waals surface area contributed by atoms with Gasteiger partial charge in [-0.3, -0.25) is 14.7 Å². The van der Waals surface area contributed by atoms with Gasteiger partial charge in [-0.25, -0.2) is 0 Å². The Morgan fingerprint density at radius 2 is 2.21 bits per heavy atom. The van der Waals surface area contributed by atoms with Crippen LogP contribution in [0.3, 0.4) is 0 Å². The maximum Gasteiger partial charge on any atom is 0.305 e. The first-order valence-electron chi connectivity index (χ1n) is 5.93. The molecular formula is C13H15N3O3. The van der Waals surface area contributed by atoms with E-state index in [9.17, 15) is 9.59 Å². The van der Waals surface area contributed by atoms with Gasteiger partial charge in [-0.2, -0.15) is 5.10 Å². The lowest BCUT2D eigenvalue weighted by atomic mass is 10.1. The fourth-order valence-corrected chi connectivity index (χ4v) is 2.00. The Morgan fingerprint density at radius 1 is 1.47 bits per heavy atom. The number of nitrogens with zero attached hydrogens (tertiary/aromatic N) is 1. The van der Waals surface area contributed by atoms with Gasteiger partial charge < -0.3 is 10.4 Å². The van der Waals surface area contributed by atoms with Crippen LogP contribution in [0.4, 0.5) is 0 Å². The molecule has 1 heterocycles. The second-order valence-electron chi connectivity index (χ2n) is 4.62. The highest BCUT2D eigenvalue weighted by atomic mass is 16.4. The third-order valence-electron chi connectivity index (χ3n) is 2.80. The maximum absolute atomic E-state index is 12.1. The van der Waals surface area contributed by atoms with Crippen molar-refractivity contribution >= 4 is 22.8 Å². The predicted octanol–water partition coefficient (Wildman–Crippen LogP) is 1.46. The Kier molecular flexibility index (Phi) is 3.50. The van der Waals surface area contributed by atoms with E-state index in [-0.39, 0.29) is 12.3 Å². The highest BCUT2D eigenvalue weighted by molar-refractivity contribution is 6.05. The number of nitrogens with one attached hydrogen (secondary N) is 2. The Hall–Kier alpha value is -2.37. The molecule has 0 spiro atoms. The molecule has 0 saturated carbocycles. The van der Waals surface area contributed by atoms with E-state index < -0.39 is 12.0 Å². The van der Waals surface area contributed by atoms with Gasteiger partial charge in [0.1, 0.15) is 0 Å². The van der Waals surface area contributed by atoms with Crippen LogP contribution in [0.15, 0.2) is 18.3 Å². The van der Waals surface area contributed by atoms with Crippen molar-refractivity contribution in [3.63, 3.8) is 0 Å². The number of amides is 1. The third kappa shape index (κ3) is 2.90. The average molecular weight is 261 g/mol. The molecule has 0 aliphatic heterocycles. The Labute approximate surface area is 109 Å². The highest BCUT2D eigenvalue weighted by Gasteiger charge is 2.16. The first-order valence-corrected chi connectivity index (χ1v) is 5.93. The SMILES string of the molecule is Cc1cc(C(=O)NC(C)CC(=O)O)c2[nH]ncc2c1. The summed E-state index contributed by atoms with van der Waals surface area (Å²) in [6.07, 6.45) is 1.55. The number of benzene rings is 1. The lowest BCUT2D eigenvalue weighted by molar-refractivity contribution is -0.137. The molecule has 1 aromatic carbocycles. The number of carbonyl (C=O) groups excluding carboxylic acids is 1. The molecule has 2 rings (SSSR count). The molecule has 1 unspecified atom stereocenters. The lowest BCUT2D eigenvalue weighted by Gasteiger charge is -2.12. The Balaban J connectivity index is 2.26. The first kappa shape index (κ1) is 13.1. The number of carboxylic acid groups (broad SMARTS) is 1. The molecule has 1 atom stereocenters. The molecule has 0 aliphatic carbocycles. The van der Waals surface area contributed by atoms with Crippen molar-refractivity contribution in [2.24, 2.45) is 0 Å². The number of aromatic nitrogens is 2. The van der Waals surface area contributed by atoms with Crippen LogP contribution in [-0.2, 0) is 4.79 Å². The minimum atomic E-state index is -0.941. The molecule has 0 fully saturated rings. The van der Waals surface area contributed by atoms with E-state index >= 15 is 0 Å². The summed E-state index contributed by atoms with van der Waals surface area (Å²) in [7, 11) is 0. The summed E-state index contributed by atoms with van der Waals surface area (Å²) in [4.78, 5) is 22.7. The molecule has 3 N–H and O–H groups in total. The number of carboxylic acids is 1. The largest absolute Gasteiger partial charge is 0.481 e. The van der Waals surface area contributed by atoms with E-state index in [1.165, 1.54) is 0 Å². The van der Waals surface area contributed by atoms with Crippen LogP contribution in [0.2, 0.25) is 0 Å². The second kappa shape index (κ2) is 5.09. The van der Waals surface area contributed by atoms with Gasteiger partial charge in [-0.15, -0.1) is 0 Å². The van der Waals surface area contributed by atoms with Crippen LogP contribution in [0, 0.1) is 6.92 Å². The zero-order valence-electron chi connectivity index (χ0n) is 10.7. The van der Waals surface area contributed by atoms with Gasteiger partial charge >= 0.3 is 5.97 Å². The second-order valence-corrected chi connectivity index (χ2v) is 4.62. The van der Waals surface area contributed by atoms with Crippen LogP contribution in [-0.4, -0.2) is 33.2 Å². The number of carbonyl (C=O) groups is 2. The first-order chi connectivity index (χ1) is 8.97. The Bertz CT molecular complexity index is 633. The summed E-state index contributed by atoms with van der Waals surface area (Å²) in [5, 5.41) is 18.9.